The Balaban J connectivity index is 1.66. The fourth-order valence-corrected chi connectivity index (χ4v) is 4.05. The minimum atomic E-state index is -4.31. The maximum Gasteiger partial charge on any atom is 0.416 e. The number of halogens is 3. The molecule has 0 spiro atoms. The van der Waals surface area contributed by atoms with Gasteiger partial charge in [0.15, 0.2) is 0 Å². The average molecular weight is 360 g/mol. The Bertz CT molecular complexity index is 858. The maximum absolute atomic E-state index is 12.8. The van der Waals surface area contributed by atoms with Crippen molar-refractivity contribution in [3.05, 3.63) is 64.7 Å². The van der Waals surface area contributed by atoms with Crippen molar-refractivity contribution in [3.8, 4) is 5.75 Å². The van der Waals surface area contributed by atoms with Crippen LogP contribution in [0.15, 0.2) is 47.6 Å². The zero-order chi connectivity index (χ0) is 18.5. The van der Waals surface area contributed by atoms with E-state index in [2.05, 4.69) is 0 Å². The van der Waals surface area contributed by atoms with Crippen LogP contribution in [0.3, 0.4) is 0 Å². The van der Waals surface area contributed by atoms with Crippen molar-refractivity contribution in [1.82, 2.24) is 5.01 Å². The minimum absolute atomic E-state index is 0.0393. The van der Waals surface area contributed by atoms with Crippen molar-refractivity contribution in [3.63, 3.8) is 0 Å². The molecular formula is C20H19F3N2O. The highest BCUT2D eigenvalue weighted by molar-refractivity contribution is 6.05. The Morgan fingerprint density at radius 3 is 2.50 bits per heavy atom. The molecule has 0 aromatic heterocycles. The lowest BCUT2D eigenvalue weighted by Crippen LogP contribution is -2.27. The highest BCUT2D eigenvalue weighted by atomic mass is 19.4. The number of nitrogens with zero attached hydrogens (tertiary/aromatic N) is 2. The molecular weight excluding hydrogens is 341 g/mol. The van der Waals surface area contributed by atoms with Gasteiger partial charge in [-0.05, 0) is 54.3 Å². The quantitative estimate of drug-likeness (QED) is 0.778. The number of benzene rings is 2. The van der Waals surface area contributed by atoms with Crippen LogP contribution < -0.4 is 4.74 Å². The number of hydrogen-bond acceptors (Lipinski definition) is 3. The number of methoxy groups -OCH3 is 1. The molecule has 1 aliphatic carbocycles. The summed E-state index contributed by atoms with van der Waals surface area (Å²) in [7, 11) is 3.53. The third-order valence-electron chi connectivity index (χ3n) is 5.29. The van der Waals surface area contributed by atoms with Gasteiger partial charge in [-0.15, -0.1) is 0 Å². The van der Waals surface area contributed by atoms with Gasteiger partial charge >= 0.3 is 6.18 Å². The second-order valence-corrected chi connectivity index (χ2v) is 6.79. The van der Waals surface area contributed by atoms with E-state index in [4.69, 9.17) is 9.84 Å². The largest absolute Gasteiger partial charge is 0.497 e. The molecule has 0 amide bonds. The van der Waals surface area contributed by atoms with Crippen LogP contribution in [0.4, 0.5) is 13.2 Å². The minimum Gasteiger partial charge on any atom is -0.497 e. The van der Waals surface area contributed by atoms with Gasteiger partial charge in [0.1, 0.15) is 5.75 Å². The van der Waals surface area contributed by atoms with Gasteiger partial charge < -0.3 is 4.74 Å². The number of fused-ring (bicyclic) bond motifs is 3. The lowest BCUT2D eigenvalue weighted by atomic mass is 9.77. The Hall–Kier alpha value is -2.50. The molecule has 2 aromatic rings. The average Bonchev–Trinajstić information content (AvgIpc) is 2.96. The van der Waals surface area contributed by atoms with E-state index in [1.165, 1.54) is 5.56 Å². The molecule has 1 heterocycles. The van der Waals surface area contributed by atoms with E-state index in [1.54, 1.807) is 19.2 Å². The van der Waals surface area contributed by atoms with E-state index in [-0.39, 0.29) is 12.0 Å². The summed E-state index contributed by atoms with van der Waals surface area (Å²) < 4.78 is 43.8. The van der Waals surface area contributed by atoms with E-state index in [1.807, 2.05) is 30.3 Å². The second-order valence-electron chi connectivity index (χ2n) is 6.79. The van der Waals surface area contributed by atoms with Crippen molar-refractivity contribution < 1.29 is 17.9 Å². The van der Waals surface area contributed by atoms with Crippen LogP contribution in [0.2, 0.25) is 0 Å². The number of hydrazone groups is 1. The monoisotopic (exact) mass is 360 g/mol. The van der Waals surface area contributed by atoms with Crippen molar-refractivity contribution in [2.75, 3.05) is 14.2 Å². The van der Waals surface area contributed by atoms with E-state index in [0.29, 0.717) is 0 Å². The van der Waals surface area contributed by atoms with Gasteiger partial charge in [0.25, 0.3) is 0 Å². The van der Waals surface area contributed by atoms with Gasteiger partial charge in [0, 0.05) is 18.5 Å². The fourth-order valence-electron chi connectivity index (χ4n) is 4.05. The number of ether oxygens (including phenoxy) is 1. The molecule has 0 bridgehead atoms. The standard InChI is InChI=1S/C20H19F3N2O/c1-25-19(12-3-6-14(7-4-12)20(21,22)23)17-9-5-13-11-15(26-2)8-10-16(13)18(17)24-25/h3-4,6-8,10-11,17,19H,5,9H2,1-2H3/t17-,19+/m1/s1. The lowest BCUT2D eigenvalue weighted by molar-refractivity contribution is -0.137. The third-order valence-corrected chi connectivity index (χ3v) is 5.29. The Morgan fingerprint density at radius 2 is 1.85 bits per heavy atom. The molecule has 3 nitrogen and oxygen atoms in total. The van der Waals surface area contributed by atoms with Gasteiger partial charge in [-0.1, -0.05) is 12.1 Å². The molecule has 2 aliphatic rings. The zero-order valence-electron chi connectivity index (χ0n) is 14.5. The fraction of sp³-hybridized carbons (Fsp3) is 0.350. The summed E-state index contributed by atoms with van der Waals surface area (Å²) in [6.07, 6.45) is -2.50. The zero-order valence-corrected chi connectivity index (χ0v) is 14.5. The summed E-state index contributed by atoms with van der Waals surface area (Å²) >= 11 is 0. The maximum atomic E-state index is 12.8. The van der Waals surface area contributed by atoms with Gasteiger partial charge in [-0.3, -0.25) is 5.01 Å². The molecule has 1 aliphatic heterocycles. The first-order valence-electron chi connectivity index (χ1n) is 8.54. The molecule has 0 fully saturated rings. The molecule has 136 valence electrons. The first-order chi connectivity index (χ1) is 12.4. The summed E-state index contributed by atoms with van der Waals surface area (Å²) in [6, 6.07) is 11.4. The van der Waals surface area contributed by atoms with E-state index in [9.17, 15) is 13.2 Å². The van der Waals surface area contributed by atoms with Gasteiger partial charge in [-0.2, -0.15) is 18.3 Å². The summed E-state index contributed by atoms with van der Waals surface area (Å²) in [5, 5.41) is 6.60. The lowest BCUT2D eigenvalue weighted by Gasteiger charge is -2.29. The first kappa shape index (κ1) is 16.9. The summed E-state index contributed by atoms with van der Waals surface area (Å²) in [5.74, 6) is 1.01. The van der Waals surface area contributed by atoms with Gasteiger partial charge in [-0.25, -0.2) is 0 Å². The molecule has 2 atom stereocenters. The highest BCUT2D eigenvalue weighted by Gasteiger charge is 2.40. The summed E-state index contributed by atoms with van der Waals surface area (Å²) in [6.45, 7) is 0. The Morgan fingerprint density at radius 1 is 1.12 bits per heavy atom. The SMILES string of the molecule is COc1ccc2c(c1)CC[C@@H]1C2=NN(C)[C@H]1c1ccc(C(F)(F)F)cc1. The van der Waals surface area contributed by atoms with Gasteiger partial charge in [0.05, 0.1) is 24.4 Å². The summed E-state index contributed by atoms with van der Waals surface area (Å²) in [4.78, 5) is 0. The molecule has 4 rings (SSSR count). The summed E-state index contributed by atoms with van der Waals surface area (Å²) in [5.41, 5.74) is 3.58. The number of aryl methyl sites for hydroxylation is 1. The van der Waals surface area contributed by atoms with Crippen molar-refractivity contribution in [2.24, 2.45) is 11.0 Å². The Kier molecular flexibility index (Phi) is 3.93. The van der Waals surface area contributed by atoms with Gasteiger partial charge in [0.2, 0.25) is 0 Å². The van der Waals surface area contributed by atoms with E-state index >= 15 is 0 Å². The van der Waals surface area contributed by atoms with Crippen LogP contribution in [0, 0.1) is 5.92 Å². The second kappa shape index (κ2) is 6.04. The molecule has 2 aromatic carbocycles. The highest BCUT2D eigenvalue weighted by Crippen LogP contribution is 2.43. The van der Waals surface area contributed by atoms with Crippen molar-refractivity contribution in [2.45, 2.75) is 25.1 Å². The molecule has 0 radical (unpaired) electrons. The van der Waals surface area contributed by atoms with Crippen molar-refractivity contribution in [1.29, 1.82) is 0 Å². The normalized spacial score (nSPS) is 21.9. The number of rotatable bonds is 2. The van der Waals surface area contributed by atoms with Crippen LogP contribution in [-0.2, 0) is 12.6 Å². The smallest absolute Gasteiger partial charge is 0.416 e. The predicted octanol–water partition coefficient (Wildman–Crippen LogP) is 4.67. The topological polar surface area (TPSA) is 24.8 Å². The molecule has 26 heavy (non-hydrogen) atoms. The molecule has 0 unspecified atom stereocenters. The number of hydrogen-bond donors (Lipinski definition) is 0. The molecule has 0 N–H and O–H groups in total. The van der Waals surface area contributed by atoms with Crippen LogP contribution in [0.5, 0.6) is 5.75 Å². The van der Waals surface area contributed by atoms with Crippen LogP contribution in [0.1, 0.15) is 34.7 Å². The molecule has 6 heteroatoms. The van der Waals surface area contributed by atoms with E-state index in [0.717, 1.165) is 47.6 Å². The molecule has 0 saturated carbocycles. The van der Waals surface area contributed by atoms with E-state index < -0.39 is 11.7 Å². The third kappa shape index (κ3) is 2.73. The van der Waals surface area contributed by atoms with Crippen LogP contribution in [0.25, 0.3) is 0 Å². The van der Waals surface area contributed by atoms with Crippen LogP contribution >= 0.6 is 0 Å². The van der Waals surface area contributed by atoms with Crippen LogP contribution in [-0.4, -0.2) is 24.9 Å². The number of alkyl halides is 3. The Labute approximate surface area is 150 Å². The predicted molar refractivity (Wildman–Crippen MR) is 93.3 cm³/mol. The molecule has 0 saturated heterocycles. The van der Waals surface area contributed by atoms with Crippen molar-refractivity contribution >= 4 is 5.71 Å². The first-order valence-corrected chi connectivity index (χ1v) is 8.54.